The molecule has 1 heteroatoms. The second-order valence-corrected chi connectivity index (χ2v) is 5.88. The highest BCUT2D eigenvalue weighted by Crippen LogP contribution is 2.60. The third-order valence-electron chi connectivity index (χ3n) is 4.50. The van der Waals surface area contributed by atoms with Crippen LogP contribution in [0.5, 0.6) is 0 Å². The normalized spacial score (nSPS) is 28.2. The van der Waals surface area contributed by atoms with Crippen molar-refractivity contribution in [3.63, 3.8) is 0 Å². The molecule has 1 fully saturated rings. The van der Waals surface area contributed by atoms with Crippen LogP contribution in [0.15, 0.2) is 36.4 Å². The number of allylic oxidation sites excluding steroid dienone is 1. The molecule has 0 radical (unpaired) electrons. The number of Topliss-reactive ketones (excluding diaryl/α,β-unsaturated/α-hetero) is 1. The summed E-state index contributed by atoms with van der Waals surface area (Å²) >= 11 is 0. The van der Waals surface area contributed by atoms with Gasteiger partial charge in [-0.3, -0.25) is 4.79 Å². The maximum atomic E-state index is 12.2. The number of carbonyl (C=O) groups is 1. The maximum absolute atomic E-state index is 12.2. The first-order valence-electron chi connectivity index (χ1n) is 6.93. The molecular weight excluding hydrogens is 220 g/mol. The minimum atomic E-state index is 0.313. The summed E-state index contributed by atoms with van der Waals surface area (Å²) in [7, 11) is 0. The summed E-state index contributed by atoms with van der Waals surface area (Å²) in [6.07, 6.45) is 3.90. The van der Waals surface area contributed by atoms with E-state index in [1.807, 2.05) is 6.92 Å². The molecular formula is C17H20O. The van der Waals surface area contributed by atoms with Crippen molar-refractivity contribution in [2.45, 2.75) is 38.5 Å². The topological polar surface area (TPSA) is 17.1 Å². The molecule has 94 valence electrons. The first kappa shape index (κ1) is 11.7. The van der Waals surface area contributed by atoms with E-state index in [0.717, 1.165) is 18.4 Å². The van der Waals surface area contributed by atoms with E-state index in [1.165, 1.54) is 17.5 Å². The van der Waals surface area contributed by atoms with E-state index in [9.17, 15) is 4.79 Å². The molecule has 0 heterocycles. The van der Waals surface area contributed by atoms with Gasteiger partial charge in [-0.15, -0.1) is 6.58 Å². The molecule has 3 atom stereocenters. The molecule has 2 aliphatic carbocycles. The zero-order chi connectivity index (χ0) is 12.7. The van der Waals surface area contributed by atoms with Gasteiger partial charge in [0.15, 0.2) is 0 Å². The minimum absolute atomic E-state index is 0.313. The lowest BCUT2D eigenvalue weighted by Crippen LogP contribution is -2.03. The van der Waals surface area contributed by atoms with Crippen LogP contribution in [0.4, 0.5) is 0 Å². The highest BCUT2D eigenvalue weighted by molar-refractivity contribution is 5.86. The van der Waals surface area contributed by atoms with Crippen LogP contribution in [0.25, 0.3) is 0 Å². The molecule has 0 amide bonds. The molecule has 0 saturated heterocycles. The maximum Gasteiger partial charge on any atom is 0.137 e. The molecule has 1 saturated carbocycles. The van der Waals surface area contributed by atoms with Crippen molar-refractivity contribution >= 4 is 5.78 Å². The summed E-state index contributed by atoms with van der Waals surface area (Å²) in [5.41, 5.74) is 4.03. The van der Waals surface area contributed by atoms with Gasteiger partial charge in [-0.25, -0.2) is 0 Å². The van der Waals surface area contributed by atoms with E-state index < -0.39 is 0 Å². The van der Waals surface area contributed by atoms with Crippen LogP contribution in [0.1, 0.15) is 43.2 Å². The Hall–Kier alpha value is -1.37. The van der Waals surface area contributed by atoms with Gasteiger partial charge >= 0.3 is 0 Å². The van der Waals surface area contributed by atoms with Gasteiger partial charge in [0, 0.05) is 12.3 Å². The molecule has 0 N–H and O–H groups in total. The number of benzene rings is 1. The van der Waals surface area contributed by atoms with Crippen LogP contribution < -0.4 is 0 Å². The van der Waals surface area contributed by atoms with Crippen LogP contribution >= 0.6 is 0 Å². The molecule has 3 rings (SSSR count). The molecule has 1 aromatic carbocycles. The van der Waals surface area contributed by atoms with E-state index in [2.05, 4.69) is 30.8 Å². The van der Waals surface area contributed by atoms with Crippen LogP contribution in [-0.4, -0.2) is 5.78 Å². The molecule has 0 aliphatic heterocycles. The summed E-state index contributed by atoms with van der Waals surface area (Å²) in [5.74, 6) is 1.95. The number of rotatable bonds is 4. The van der Waals surface area contributed by atoms with Gasteiger partial charge in [-0.2, -0.15) is 0 Å². The molecule has 1 nitrogen and oxygen atoms in total. The van der Waals surface area contributed by atoms with Crippen LogP contribution in [0.2, 0.25) is 0 Å². The standard InChI is InChI=1S/C17H20O/c1-11(2)7-10-15(18)17-14-9-8-12-5-3-4-6-13(12)16(14)17/h3-6,14,16-17H,1,7-10H2,2H3. The largest absolute Gasteiger partial charge is 0.299 e. The zero-order valence-electron chi connectivity index (χ0n) is 11.0. The van der Waals surface area contributed by atoms with Crippen molar-refractivity contribution in [3.05, 3.63) is 47.5 Å². The number of aryl methyl sites for hydroxylation is 1. The lowest BCUT2D eigenvalue weighted by atomic mass is 9.92. The smallest absolute Gasteiger partial charge is 0.137 e. The molecule has 0 aromatic heterocycles. The van der Waals surface area contributed by atoms with Crippen molar-refractivity contribution < 1.29 is 4.79 Å². The van der Waals surface area contributed by atoms with Gasteiger partial charge < -0.3 is 0 Å². The second-order valence-electron chi connectivity index (χ2n) is 5.88. The average Bonchev–Trinajstić information content (AvgIpc) is 3.10. The number of fused-ring (bicyclic) bond motifs is 3. The van der Waals surface area contributed by atoms with Crippen LogP contribution in [-0.2, 0) is 11.2 Å². The van der Waals surface area contributed by atoms with Gasteiger partial charge in [-0.05, 0) is 49.1 Å². The number of carbonyl (C=O) groups excluding carboxylic acids is 1. The molecule has 1 aromatic rings. The lowest BCUT2D eigenvalue weighted by molar-refractivity contribution is -0.120. The van der Waals surface area contributed by atoms with Crippen molar-refractivity contribution in [2.24, 2.45) is 11.8 Å². The number of hydrogen-bond donors (Lipinski definition) is 0. The van der Waals surface area contributed by atoms with Gasteiger partial charge in [-0.1, -0.05) is 29.8 Å². The summed E-state index contributed by atoms with van der Waals surface area (Å²) in [6, 6.07) is 8.66. The van der Waals surface area contributed by atoms with Gasteiger partial charge in [0.2, 0.25) is 0 Å². The molecule has 0 spiro atoms. The van der Waals surface area contributed by atoms with E-state index in [4.69, 9.17) is 0 Å². The fourth-order valence-corrected chi connectivity index (χ4v) is 3.51. The van der Waals surface area contributed by atoms with Crippen LogP contribution in [0.3, 0.4) is 0 Å². The van der Waals surface area contributed by atoms with E-state index >= 15 is 0 Å². The predicted octanol–water partition coefficient (Wildman–Crippen LogP) is 3.89. The van der Waals surface area contributed by atoms with Gasteiger partial charge in [0.25, 0.3) is 0 Å². The lowest BCUT2D eigenvalue weighted by Gasteiger charge is -2.13. The highest BCUT2D eigenvalue weighted by atomic mass is 16.1. The highest BCUT2D eigenvalue weighted by Gasteiger charge is 2.56. The van der Waals surface area contributed by atoms with Crippen molar-refractivity contribution in [1.29, 1.82) is 0 Å². The quantitative estimate of drug-likeness (QED) is 0.730. The van der Waals surface area contributed by atoms with E-state index in [-0.39, 0.29) is 0 Å². The average molecular weight is 240 g/mol. The summed E-state index contributed by atoms with van der Waals surface area (Å²) in [5, 5.41) is 0. The van der Waals surface area contributed by atoms with Crippen molar-refractivity contribution in [1.82, 2.24) is 0 Å². The molecule has 0 bridgehead atoms. The predicted molar refractivity (Wildman–Crippen MR) is 73.5 cm³/mol. The Kier molecular flexibility index (Phi) is 2.85. The Balaban J connectivity index is 1.73. The summed E-state index contributed by atoms with van der Waals surface area (Å²) in [4.78, 5) is 12.2. The van der Waals surface area contributed by atoms with Gasteiger partial charge in [0.05, 0.1) is 0 Å². The molecule has 2 aliphatic rings. The Bertz CT molecular complexity index is 500. The fourth-order valence-electron chi connectivity index (χ4n) is 3.51. The SMILES string of the molecule is C=C(C)CCC(=O)C1C2CCc3ccccc3C21. The van der Waals surface area contributed by atoms with Crippen molar-refractivity contribution in [2.75, 3.05) is 0 Å². The summed E-state index contributed by atoms with van der Waals surface area (Å²) < 4.78 is 0. The molecule has 3 unspecified atom stereocenters. The monoisotopic (exact) mass is 240 g/mol. The Labute approximate surface area is 109 Å². The van der Waals surface area contributed by atoms with E-state index in [1.54, 1.807) is 0 Å². The second kappa shape index (κ2) is 4.38. The molecule has 18 heavy (non-hydrogen) atoms. The van der Waals surface area contributed by atoms with E-state index in [0.29, 0.717) is 30.0 Å². The number of hydrogen-bond acceptors (Lipinski definition) is 1. The van der Waals surface area contributed by atoms with Crippen molar-refractivity contribution in [3.8, 4) is 0 Å². The first-order chi connectivity index (χ1) is 8.68. The third kappa shape index (κ3) is 1.92. The first-order valence-corrected chi connectivity index (χ1v) is 6.93. The zero-order valence-corrected chi connectivity index (χ0v) is 11.0. The third-order valence-corrected chi connectivity index (χ3v) is 4.50. The Morgan fingerprint density at radius 2 is 2.11 bits per heavy atom. The van der Waals surface area contributed by atoms with Crippen LogP contribution in [0, 0.1) is 11.8 Å². The fraction of sp³-hybridized carbons (Fsp3) is 0.471. The number of ketones is 1. The summed E-state index contributed by atoms with van der Waals surface area (Å²) in [6.45, 7) is 5.88. The minimum Gasteiger partial charge on any atom is -0.299 e. The Morgan fingerprint density at radius 1 is 1.33 bits per heavy atom. The van der Waals surface area contributed by atoms with Gasteiger partial charge in [0.1, 0.15) is 5.78 Å². The Morgan fingerprint density at radius 3 is 2.89 bits per heavy atom.